The van der Waals surface area contributed by atoms with Gasteiger partial charge in [0.25, 0.3) is 0 Å². The first-order valence-electron chi connectivity index (χ1n) is 5.66. The van der Waals surface area contributed by atoms with Crippen LogP contribution in [0.25, 0.3) is 0 Å². The van der Waals surface area contributed by atoms with E-state index >= 15 is 0 Å². The van der Waals surface area contributed by atoms with Crippen LogP contribution in [-0.2, 0) is 6.54 Å². The Labute approximate surface area is 110 Å². The summed E-state index contributed by atoms with van der Waals surface area (Å²) in [4.78, 5) is 0. The Hall–Kier alpha value is -1.13. The SMILES string of the molecule is CCn1cc(C(N)c2cccc(Br)c2C)cn1. The van der Waals surface area contributed by atoms with Crippen LogP contribution in [-0.4, -0.2) is 9.78 Å². The van der Waals surface area contributed by atoms with Gasteiger partial charge in [-0.1, -0.05) is 28.1 Å². The van der Waals surface area contributed by atoms with E-state index in [4.69, 9.17) is 5.73 Å². The molecule has 4 heteroatoms. The predicted molar refractivity (Wildman–Crippen MR) is 72.8 cm³/mol. The van der Waals surface area contributed by atoms with Gasteiger partial charge in [-0.2, -0.15) is 5.10 Å². The average molecular weight is 294 g/mol. The number of aryl methyl sites for hydroxylation is 1. The quantitative estimate of drug-likeness (QED) is 0.945. The van der Waals surface area contributed by atoms with E-state index in [1.54, 1.807) is 0 Å². The first kappa shape index (κ1) is 12.3. The van der Waals surface area contributed by atoms with Gasteiger partial charge in [0, 0.05) is 22.8 Å². The van der Waals surface area contributed by atoms with Crippen molar-refractivity contribution in [2.45, 2.75) is 26.4 Å². The second-order valence-corrected chi connectivity index (χ2v) is 4.92. The highest BCUT2D eigenvalue weighted by molar-refractivity contribution is 9.10. The lowest BCUT2D eigenvalue weighted by atomic mass is 9.98. The van der Waals surface area contributed by atoms with Crippen LogP contribution in [0.3, 0.4) is 0 Å². The van der Waals surface area contributed by atoms with Crippen LogP contribution in [0.4, 0.5) is 0 Å². The van der Waals surface area contributed by atoms with Crippen LogP contribution in [0.5, 0.6) is 0 Å². The molecular weight excluding hydrogens is 278 g/mol. The van der Waals surface area contributed by atoms with E-state index in [-0.39, 0.29) is 6.04 Å². The zero-order valence-corrected chi connectivity index (χ0v) is 11.6. The molecule has 3 nitrogen and oxygen atoms in total. The minimum Gasteiger partial charge on any atom is -0.320 e. The van der Waals surface area contributed by atoms with Crippen molar-refractivity contribution in [1.29, 1.82) is 0 Å². The molecule has 90 valence electrons. The highest BCUT2D eigenvalue weighted by Crippen LogP contribution is 2.27. The molecule has 0 bridgehead atoms. The molecule has 0 fully saturated rings. The van der Waals surface area contributed by atoms with E-state index in [9.17, 15) is 0 Å². The molecular formula is C13H16BrN3. The first-order chi connectivity index (χ1) is 8.13. The fourth-order valence-corrected chi connectivity index (χ4v) is 2.24. The first-order valence-corrected chi connectivity index (χ1v) is 6.45. The summed E-state index contributed by atoms with van der Waals surface area (Å²) in [5.41, 5.74) is 9.65. The third kappa shape index (κ3) is 2.42. The minimum atomic E-state index is -0.118. The highest BCUT2D eigenvalue weighted by atomic mass is 79.9. The molecule has 1 aromatic carbocycles. The summed E-state index contributed by atoms with van der Waals surface area (Å²) in [6.07, 6.45) is 3.85. The number of nitrogens with zero attached hydrogens (tertiary/aromatic N) is 2. The van der Waals surface area contributed by atoms with Crippen LogP contribution in [0.2, 0.25) is 0 Å². The third-order valence-corrected chi connectivity index (χ3v) is 3.84. The Kier molecular flexibility index (Phi) is 3.64. The molecule has 0 spiro atoms. The Bertz CT molecular complexity index is 519. The van der Waals surface area contributed by atoms with Gasteiger partial charge >= 0.3 is 0 Å². The van der Waals surface area contributed by atoms with Gasteiger partial charge in [-0.3, -0.25) is 4.68 Å². The Morgan fingerprint density at radius 3 is 2.88 bits per heavy atom. The fourth-order valence-electron chi connectivity index (χ4n) is 1.85. The zero-order chi connectivity index (χ0) is 12.4. The monoisotopic (exact) mass is 293 g/mol. The van der Waals surface area contributed by atoms with Crippen molar-refractivity contribution in [3.8, 4) is 0 Å². The maximum absolute atomic E-state index is 6.28. The molecule has 1 atom stereocenters. The van der Waals surface area contributed by atoms with Crippen LogP contribution in [0.1, 0.15) is 29.7 Å². The summed E-state index contributed by atoms with van der Waals surface area (Å²) in [5.74, 6) is 0. The van der Waals surface area contributed by atoms with Crippen molar-refractivity contribution >= 4 is 15.9 Å². The molecule has 2 N–H and O–H groups in total. The van der Waals surface area contributed by atoms with Crippen molar-refractivity contribution in [3.05, 3.63) is 51.8 Å². The maximum atomic E-state index is 6.28. The molecule has 0 aliphatic heterocycles. The molecule has 0 radical (unpaired) electrons. The summed E-state index contributed by atoms with van der Waals surface area (Å²) >= 11 is 3.53. The second kappa shape index (κ2) is 5.02. The second-order valence-electron chi connectivity index (χ2n) is 4.06. The standard InChI is InChI=1S/C13H16BrN3/c1-3-17-8-10(7-16-17)13(15)11-5-4-6-12(14)9(11)2/h4-8,13H,3,15H2,1-2H3. The largest absolute Gasteiger partial charge is 0.320 e. The van der Waals surface area contributed by atoms with E-state index in [2.05, 4.69) is 40.9 Å². The molecule has 17 heavy (non-hydrogen) atoms. The van der Waals surface area contributed by atoms with Gasteiger partial charge in [0.05, 0.1) is 12.2 Å². The van der Waals surface area contributed by atoms with Crippen molar-refractivity contribution < 1.29 is 0 Å². The van der Waals surface area contributed by atoms with Crippen molar-refractivity contribution in [3.63, 3.8) is 0 Å². The lowest BCUT2D eigenvalue weighted by Gasteiger charge is -2.14. The predicted octanol–water partition coefficient (Wildman–Crippen LogP) is 3.02. The Morgan fingerprint density at radius 1 is 1.47 bits per heavy atom. The molecule has 0 aliphatic rings. The number of hydrogen-bond donors (Lipinski definition) is 1. The molecule has 1 heterocycles. The average Bonchev–Trinajstić information content (AvgIpc) is 2.80. The topological polar surface area (TPSA) is 43.8 Å². The maximum Gasteiger partial charge on any atom is 0.0585 e. The van der Waals surface area contributed by atoms with Gasteiger partial charge in [-0.05, 0) is 31.0 Å². The number of rotatable bonds is 3. The van der Waals surface area contributed by atoms with Crippen LogP contribution >= 0.6 is 15.9 Å². The molecule has 1 unspecified atom stereocenters. The third-order valence-electron chi connectivity index (χ3n) is 2.98. The Balaban J connectivity index is 2.36. The molecule has 0 aliphatic carbocycles. The van der Waals surface area contributed by atoms with Crippen LogP contribution < -0.4 is 5.73 Å². The van der Waals surface area contributed by atoms with E-state index in [1.807, 2.05) is 29.2 Å². The molecule has 1 aromatic heterocycles. The van der Waals surface area contributed by atoms with E-state index in [1.165, 1.54) is 5.56 Å². The smallest absolute Gasteiger partial charge is 0.0585 e. The number of halogens is 1. The number of aromatic nitrogens is 2. The van der Waals surface area contributed by atoms with Crippen molar-refractivity contribution in [2.75, 3.05) is 0 Å². The fraction of sp³-hybridized carbons (Fsp3) is 0.308. The van der Waals surface area contributed by atoms with Gasteiger partial charge in [-0.15, -0.1) is 0 Å². The lowest BCUT2D eigenvalue weighted by molar-refractivity contribution is 0.658. The number of nitrogens with two attached hydrogens (primary N) is 1. The van der Waals surface area contributed by atoms with E-state index < -0.39 is 0 Å². The lowest BCUT2D eigenvalue weighted by Crippen LogP contribution is -2.12. The van der Waals surface area contributed by atoms with Crippen LogP contribution in [0, 0.1) is 6.92 Å². The Morgan fingerprint density at radius 2 is 2.24 bits per heavy atom. The van der Waals surface area contributed by atoms with Gasteiger partial charge in [0.1, 0.15) is 0 Å². The van der Waals surface area contributed by atoms with Crippen molar-refractivity contribution in [1.82, 2.24) is 9.78 Å². The van der Waals surface area contributed by atoms with Gasteiger partial charge in [0.15, 0.2) is 0 Å². The number of hydrogen-bond acceptors (Lipinski definition) is 2. The summed E-state index contributed by atoms with van der Waals surface area (Å²) in [7, 11) is 0. The van der Waals surface area contributed by atoms with Gasteiger partial charge < -0.3 is 5.73 Å². The van der Waals surface area contributed by atoms with Gasteiger partial charge in [0.2, 0.25) is 0 Å². The number of benzene rings is 1. The van der Waals surface area contributed by atoms with E-state index in [0.29, 0.717) is 0 Å². The highest BCUT2D eigenvalue weighted by Gasteiger charge is 2.14. The normalized spacial score (nSPS) is 12.7. The summed E-state index contributed by atoms with van der Waals surface area (Å²) in [6.45, 7) is 5.00. The van der Waals surface area contributed by atoms with Crippen molar-refractivity contribution in [2.24, 2.45) is 5.73 Å². The summed E-state index contributed by atoms with van der Waals surface area (Å²) in [6, 6.07) is 5.98. The molecule has 2 rings (SSSR count). The van der Waals surface area contributed by atoms with Gasteiger partial charge in [-0.25, -0.2) is 0 Å². The molecule has 0 amide bonds. The van der Waals surface area contributed by atoms with E-state index in [0.717, 1.165) is 22.1 Å². The summed E-state index contributed by atoms with van der Waals surface area (Å²) in [5, 5.41) is 4.26. The minimum absolute atomic E-state index is 0.118. The molecule has 0 saturated carbocycles. The molecule has 0 saturated heterocycles. The summed E-state index contributed by atoms with van der Waals surface area (Å²) < 4.78 is 2.98. The molecule has 2 aromatic rings. The van der Waals surface area contributed by atoms with Crippen LogP contribution in [0.15, 0.2) is 35.1 Å². The zero-order valence-electron chi connectivity index (χ0n) is 10.0.